The van der Waals surface area contributed by atoms with Crippen LogP contribution in [0.25, 0.3) is 10.4 Å². The van der Waals surface area contributed by atoms with Crippen LogP contribution in [0.3, 0.4) is 0 Å². The molecule has 0 saturated carbocycles. The third kappa shape index (κ3) is 1.64. The van der Waals surface area contributed by atoms with Gasteiger partial charge in [0.2, 0.25) is 0 Å². The Balaban J connectivity index is 2.71. The zero-order valence-corrected chi connectivity index (χ0v) is 9.25. The molecule has 84 valence electrons. The van der Waals surface area contributed by atoms with E-state index in [1.54, 1.807) is 12.1 Å². The van der Waals surface area contributed by atoms with Crippen LogP contribution in [0.2, 0.25) is 0 Å². The number of nitriles is 1. The number of hydrogen-bond donors (Lipinski definition) is 0. The van der Waals surface area contributed by atoms with Gasteiger partial charge in [-0.25, -0.2) is 14.5 Å². The number of fused-ring (bicyclic) bond motifs is 1. The number of allylic oxidation sites excluding steroid dienone is 2. The van der Waals surface area contributed by atoms with E-state index in [9.17, 15) is 4.39 Å². The predicted molar refractivity (Wildman–Crippen MR) is 60.4 cm³/mol. The van der Waals surface area contributed by atoms with Crippen LogP contribution in [-0.2, 0) is 6.42 Å². The summed E-state index contributed by atoms with van der Waals surface area (Å²) in [4.78, 5) is 3.15. The minimum absolute atomic E-state index is 0.0316. The van der Waals surface area contributed by atoms with Gasteiger partial charge in [0.05, 0.1) is 19.8 Å². The number of aryl methyl sites for hydroxylation is 1. The highest BCUT2D eigenvalue weighted by Crippen LogP contribution is 2.39. The lowest BCUT2D eigenvalue weighted by Crippen LogP contribution is -1.94. The number of benzene rings is 1. The Morgan fingerprint density at radius 1 is 1.53 bits per heavy atom. The van der Waals surface area contributed by atoms with Gasteiger partial charge in [0.1, 0.15) is 0 Å². The van der Waals surface area contributed by atoms with Gasteiger partial charge < -0.3 is 4.74 Å². The van der Waals surface area contributed by atoms with E-state index in [4.69, 9.17) is 16.6 Å². The summed E-state index contributed by atoms with van der Waals surface area (Å²) in [6, 6.07) is 5.17. The van der Waals surface area contributed by atoms with Crippen LogP contribution in [0.15, 0.2) is 17.8 Å². The first kappa shape index (κ1) is 11.2. The first-order valence-corrected chi connectivity index (χ1v) is 5.09. The average molecular weight is 228 g/mol. The molecule has 0 radical (unpaired) electrons. The largest absolute Gasteiger partial charge is 0.494 e. The van der Waals surface area contributed by atoms with E-state index in [0.717, 1.165) is 5.56 Å². The number of methoxy groups -OCH3 is 1. The fourth-order valence-corrected chi connectivity index (χ4v) is 2.07. The average Bonchev–Trinajstić information content (AvgIpc) is 2.76. The molecule has 0 aromatic heterocycles. The number of hydrogen-bond acceptors (Lipinski definition) is 2. The van der Waals surface area contributed by atoms with E-state index < -0.39 is 5.82 Å². The molecule has 1 aromatic carbocycles. The second-order valence-corrected chi connectivity index (χ2v) is 3.67. The lowest BCUT2D eigenvalue weighted by molar-refractivity contribution is 0.386. The molecule has 2 rings (SSSR count). The molecule has 17 heavy (non-hydrogen) atoms. The van der Waals surface area contributed by atoms with E-state index >= 15 is 0 Å². The molecule has 0 aliphatic heterocycles. The molecule has 0 spiro atoms. The van der Waals surface area contributed by atoms with Crippen LogP contribution in [-0.4, -0.2) is 7.11 Å². The quantitative estimate of drug-likeness (QED) is 0.547. The van der Waals surface area contributed by atoms with Crippen molar-refractivity contribution in [3.05, 3.63) is 46.2 Å². The summed E-state index contributed by atoms with van der Waals surface area (Å²) in [6.45, 7) is 6.93. The summed E-state index contributed by atoms with van der Waals surface area (Å²) in [5.41, 5.74) is 1.66. The summed E-state index contributed by atoms with van der Waals surface area (Å²) in [5.74, 6) is -0.334. The molecule has 0 amide bonds. The van der Waals surface area contributed by atoms with Crippen LogP contribution < -0.4 is 4.74 Å². The minimum atomic E-state index is -0.478. The van der Waals surface area contributed by atoms with Crippen LogP contribution >= 0.6 is 0 Å². The van der Waals surface area contributed by atoms with E-state index in [1.165, 1.54) is 7.11 Å². The molecule has 1 aliphatic carbocycles. The minimum Gasteiger partial charge on any atom is -0.494 e. The molecule has 0 fully saturated rings. The highest BCUT2D eigenvalue weighted by Gasteiger charge is 2.25. The van der Waals surface area contributed by atoms with Crippen molar-refractivity contribution in [2.45, 2.75) is 12.8 Å². The van der Waals surface area contributed by atoms with Crippen molar-refractivity contribution in [2.75, 3.05) is 7.11 Å². The lowest BCUT2D eigenvalue weighted by Gasteiger charge is -2.07. The number of halogens is 1. The number of ether oxygens (including phenoxy) is 1. The summed E-state index contributed by atoms with van der Waals surface area (Å²) < 4.78 is 19.0. The van der Waals surface area contributed by atoms with Gasteiger partial charge in [-0.2, -0.15) is 0 Å². The molecule has 4 heteroatoms. The molecule has 0 heterocycles. The van der Waals surface area contributed by atoms with Crippen LogP contribution in [0.5, 0.6) is 5.75 Å². The predicted octanol–water partition coefficient (Wildman–Crippen LogP) is 2.93. The van der Waals surface area contributed by atoms with Gasteiger partial charge in [-0.3, -0.25) is 0 Å². The van der Waals surface area contributed by atoms with E-state index in [2.05, 4.69) is 4.85 Å². The monoisotopic (exact) mass is 228 g/mol. The van der Waals surface area contributed by atoms with Crippen molar-refractivity contribution in [2.24, 2.45) is 0 Å². The molecule has 0 atom stereocenters. The zero-order chi connectivity index (χ0) is 12.4. The maximum absolute atomic E-state index is 14.1. The van der Waals surface area contributed by atoms with Crippen LogP contribution in [0, 0.1) is 23.7 Å². The molecule has 1 aromatic rings. The number of nitrogens with zero attached hydrogens (tertiary/aromatic N) is 2. The Morgan fingerprint density at radius 3 is 2.88 bits per heavy atom. The Morgan fingerprint density at radius 2 is 2.29 bits per heavy atom. The van der Waals surface area contributed by atoms with Crippen molar-refractivity contribution in [1.82, 2.24) is 0 Å². The van der Waals surface area contributed by atoms with Crippen molar-refractivity contribution in [3.8, 4) is 11.8 Å². The van der Waals surface area contributed by atoms with Gasteiger partial charge in [0.15, 0.2) is 11.6 Å². The molecule has 1 aliphatic rings. The summed E-state index contributed by atoms with van der Waals surface area (Å²) in [5, 5.41) is 8.85. The van der Waals surface area contributed by atoms with E-state index in [1.807, 2.05) is 6.07 Å². The molecule has 0 unspecified atom stereocenters. The van der Waals surface area contributed by atoms with Crippen molar-refractivity contribution < 1.29 is 9.13 Å². The van der Waals surface area contributed by atoms with Gasteiger partial charge in [0, 0.05) is 5.56 Å². The SMILES string of the molecule is [C-]#[N+]/C(C#N)=C1/CCc2ccc(OC)c(F)c21. The van der Waals surface area contributed by atoms with Crippen LogP contribution in [0.4, 0.5) is 4.39 Å². The molecule has 3 nitrogen and oxygen atoms in total. The van der Waals surface area contributed by atoms with Crippen molar-refractivity contribution in [3.63, 3.8) is 0 Å². The van der Waals surface area contributed by atoms with Gasteiger partial charge >= 0.3 is 0 Å². The Hall–Kier alpha value is -2.33. The zero-order valence-electron chi connectivity index (χ0n) is 9.25. The maximum atomic E-state index is 14.1. The van der Waals surface area contributed by atoms with Gasteiger partial charge in [-0.05, 0) is 30.0 Å². The summed E-state index contributed by atoms with van der Waals surface area (Å²) in [7, 11) is 1.39. The van der Waals surface area contributed by atoms with E-state index in [-0.39, 0.29) is 11.4 Å². The fraction of sp³-hybridized carbons (Fsp3) is 0.231. The van der Waals surface area contributed by atoms with Gasteiger partial charge in [0.25, 0.3) is 5.70 Å². The Kier molecular flexibility index (Phi) is 2.80. The summed E-state index contributed by atoms with van der Waals surface area (Å²) in [6.07, 6.45) is 1.19. The Labute approximate surface area is 98.6 Å². The first-order valence-electron chi connectivity index (χ1n) is 5.09. The molecule has 0 N–H and O–H groups in total. The molecule has 0 saturated heterocycles. The second kappa shape index (κ2) is 4.27. The third-order valence-electron chi connectivity index (χ3n) is 2.86. The summed E-state index contributed by atoms with van der Waals surface area (Å²) >= 11 is 0. The highest BCUT2D eigenvalue weighted by atomic mass is 19.1. The molecular weight excluding hydrogens is 219 g/mol. The first-order chi connectivity index (χ1) is 8.22. The second-order valence-electron chi connectivity index (χ2n) is 3.67. The molecular formula is C13H9FN2O. The third-order valence-corrected chi connectivity index (χ3v) is 2.86. The van der Waals surface area contributed by atoms with E-state index in [0.29, 0.717) is 24.0 Å². The lowest BCUT2D eigenvalue weighted by atomic mass is 10.0. The topological polar surface area (TPSA) is 37.4 Å². The Bertz CT molecular complexity index is 575. The smallest absolute Gasteiger partial charge is 0.265 e. The van der Waals surface area contributed by atoms with Crippen LogP contribution in [0.1, 0.15) is 17.5 Å². The maximum Gasteiger partial charge on any atom is 0.265 e. The van der Waals surface area contributed by atoms with Gasteiger partial charge in [-0.1, -0.05) is 6.07 Å². The standard InChI is InChI=1S/C13H9FN2O/c1-16-10(7-15)9-5-3-8-4-6-11(17-2)13(14)12(8)9/h4,6H,3,5H2,2H3/b10-9-. The molecule has 0 bridgehead atoms. The number of rotatable bonds is 1. The highest BCUT2D eigenvalue weighted by molar-refractivity contribution is 5.79. The fourth-order valence-electron chi connectivity index (χ4n) is 2.07. The van der Waals surface area contributed by atoms with Gasteiger partial charge in [-0.15, -0.1) is 0 Å². The van der Waals surface area contributed by atoms with Crippen molar-refractivity contribution in [1.29, 1.82) is 5.26 Å². The normalized spacial score (nSPS) is 15.8. The van der Waals surface area contributed by atoms with Crippen molar-refractivity contribution >= 4 is 5.57 Å².